The number of carbonyl (C=O) groups excluding carboxylic acids is 1. The van der Waals surface area contributed by atoms with E-state index in [0.29, 0.717) is 6.61 Å². The summed E-state index contributed by atoms with van der Waals surface area (Å²) < 4.78 is 5.17. The zero-order chi connectivity index (χ0) is 18.8. The zero-order valence-corrected chi connectivity index (χ0v) is 16.6. The first-order chi connectivity index (χ1) is 13.2. The maximum Gasteiger partial charge on any atom is 0.410 e. The predicted molar refractivity (Wildman–Crippen MR) is 108 cm³/mol. The first-order valence-corrected chi connectivity index (χ1v) is 10.4. The first-order valence-electron chi connectivity index (χ1n) is 9.56. The van der Waals surface area contributed by atoms with Gasteiger partial charge in [-0.2, -0.15) is 0 Å². The van der Waals surface area contributed by atoms with Crippen molar-refractivity contribution in [1.82, 2.24) is 9.88 Å². The molecule has 5 nitrogen and oxygen atoms in total. The number of aromatic nitrogens is 1. The van der Waals surface area contributed by atoms with E-state index in [1.807, 2.05) is 23.2 Å². The number of fused-ring (bicyclic) bond motifs is 1. The molecule has 1 amide bonds. The van der Waals surface area contributed by atoms with E-state index in [9.17, 15) is 4.79 Å². The molecule has 1 aliphatic heterocycles. The van der Waals surface area contributed by atoms with Crippen LogP contribution in [0, 0.1) is 6.92 Å². The summed E-state index contributed by atoms with van der Waals surface area (Å²) in [5.41, 5.74) is 3.80. The summed E-state index contributed by atoms with van der Waals surface area (Å²) in [6.45, 7) is 7.75. The molecule has 0 aliphatic carbocycles. The van der Waals surface area contributed by atoms with Crippen molar-refractivity contribution < 1.29 is 14.4 Å². The number of para-hydroxylation sites is 1. The topological polar surface area (TPSA) is 49.8 Å². The van der Waals surface area contributed by atoms with Gasteiger partial charge in [-0.3, -0.25) is 4.90 Å². The van der Waals surface area contributed by atoms with Crippen LogP contribution in [0.25, 0.3) is 10.9 Å². The standard InChI is InChI=1S/C21H25N3O2S/c1-3-26-21(25)24-12-10-23(11-13-24)20(18-9-6-14-27-18)19-15(2)22-17-8-5-4-7-16(17)19/h4-9,14,20,22H,3,10-13H2,1-2H3/p+1/t20-/m0/s1. The van der Waals surface area contributed by atoms with Crippen LogP contribution in [0.2, 0.25) is 0 Å². The highest BCUT2D eigenvalue weighted by Gasteiger charge is 2.35. The lowest BCUT2D eigenvalue weighted by atomic mass is 9.99. The molecule has 1 fully saturated rings. The zero-order valence-electron chi connectivity index (χ0n) is 15.8. The third-order valence-electron chi connectivity index (χ3n) is 5.40. The molecule has 0 spiro atoms. The molecule has 0 unspecified atom stereocenters. The molecular formula is C21H26N3O2S+. The fraction of sp³-hybridized carbons (Fsp3) is 0.381. The van der Waals surface area contributed by atoms with Crippen molar-refractivity contribution in [3.8, 4) is 0 Å². The Morgan fingerprint density at radius 1 is 1.26 bits per heavy atom. The molecule has 0 saturated carbocycles. The van der Waals surface area contributed by atoms with Gasteiger partial charge in [0.25, 0.3) is 0 Å². The van der Waals surface area contributed by atoms with Crippen LogP contribution in [-0.2, 0) is 4.74 Å². The Hall–Kier alpha value is -2.31. The number of ether oxygens (including phenoxy) is 1. The Morgan fingerprint density at radius 2 is 2.04 bits per heavy atom. The summed E-state index contributed by atoms with van der Waals surface area (Å²) in [4.78, 5) is 20.3. The third kappa shape index (κ3) is 3.47. The number of piperazine rings is 1. The van der Waals surface area contributed by atoms with Gasteiger partial charge in [0.2, 0.25) is 0 Å². The number of nitrogens with zero attached hydrogens (tertiary/aromatic N) is 1. The first kappa shape index (κ1) is 18.1. The van der Waals surface area contributed by atoms with E-state index in [2.05, 4.69) is 53.7 Å². The van der Waals surface area contributed by atoms with Gasteiger partial charge in [-0.25, -0.2) is 4.79 Å². The van der Waals surface area contributed by atoms with Crippen LogP contribution in [0.5, 0.6) is 0 Å². The molecule has 6 heteroatoms. The molecule has 1 atom stereocenters. The number of aryl methyl sites for hydroxylation is 1. The molecule has 142 valence electrons. The number of carbonyl (C=O) groups is 1. The van der Waals surface area contributed by atoms with Gasteiger partial charge in [0.05, 0.1) is 37.7 Å². The second kappa shape index (κ2) is 7.74. The Bertz CT molecular complexity index is 911. The van der Waals surface area contributed by atoms with Crippen LogP contribution in [0.3, 0.4) is 0 Å². The molecule has 3 heterocycles. The fourth-order valence-corrected chi connectivity index (χ4v) is 5.05. The summed E-state index contributed by atoms with van der Waals surface area (Å²) in [5, 5.41) is 3.45. The SMILES string of the molecule is CCOC(=O)N1CC[NH+]([C@@H](c2cccs2)c2c(C)[nH]c3ccccc23)CC1. The normalized spacial score (nSPS) is 16.6. The highest BCUT2D eigenvalue weighted by Crippen LogP contribution is 2.32. The summed E-state index contributed by atoms with van der Waals surface area (Å²) in [7, 11) is 0. The van der Waals surface area contributed by atoms with Crippen molar-refractivity contribution in [3.05, 3.63) is 57.9 Å². The average Bonchev–Trinajstić information content (AvgIpc) is 3.32. The quantitative estimate of drug-likeness (QED) is 0.727. The summed E-state index contributed by atoms with van der Waals surface area (Å²) >= 11 is 1.82. The highest BCUT2D eigenvalue weighted by molar-refractivity contribution is 7.10. The Morgan fingerprint density at radius 3 is 2.74 bits per heavy atom. The number of rotatable bonds is 4. The van der Waals surface area contributed by atoms with E-state index in [-0.39, 0.29) is 12.1 Å². The molecule has 3 aromatic rings. The minimum atomic E-state index is -0.188. The summed E-state index contributed by atoms with van der Waals surface area (Å²) in [5.74, 6) is 0. The molecule has 2 aromatic heterocycles. The average molecular weight is 385 g/mol. The molecule has 27 heavy (non-hydrogen) atoms. The Kier molecular flexibility index (Phi) is 5.18. The maximum absolute atomic E-state index is 12.1. The number of benzene rings is 1. The van der Waals surface area contributed by atoms with Crippen molar-refractivity contribution in [1.29, 1.82) is 0 Å². The summed E-state index contributed by atoms with van der Waals surface area (Å²) in [6, 6.07) is 13.2. The van der Waals surface area contributed by atoms with Gasteiger partial charge in [0.15, 0.2) is 6.04 Å². The Balaban J connectivity index is 1.66. The highest BCUT2D eigenvalue weighted by atomic mass is 32.1. The van der Waals surface area contributed by atoms with Crippen molar-refractivity contribution in [2.75, 3.05) is 32.8 Å². The number of hydrogen-bond donors (Lipinski definition) is 2. The molecule has 1 aliphatic rings. The lowest BCUT2D eigenvalue weighted by molar-refractivity contribution is -0.928. The van der Waals surface area contributed by atoms with Crippen molar-refractivity contribution in [2.24, 2.45) is 0 Å². The third-order valence-corrected chi connectivity index (χ3v) is 6.34. The maximum atomic E-state index is 12.1. The van der Waals surface area contributed by atoms with Crippen LogP contribution in [0.1, 0.15) is 29.1 Å². The van der Waals surface area contributed by atoms with Crippen molar-refractivity contribution >= 4 is 28.3 Å². The van der Waals surface area contributed by atoms with E-state index < -0.39 is 0 Å². The number of H-pyrrole nitrogens is 1. The van der Waals surface area contributed by atoms with Crippen LogP contribution in [-0.4, -0.2) is 48.8 Å². The number of hydrogen-bond acceptors (Lipinski definition) is 3. The van der Waals surface area contributed by atoms with Gasteiger partial charge in [-0.1, -0.05) is 24.3 Å². The van der Waals surface area contributed by atoms with E-state index in [0.717, 1.165) is 26.2 Å². The smallest absolute Gasteiger partial charge is 0.410 e. The van der Waals surface area contributed by atoms with Gasteiger partial charge in [-0.05, 0) is 31.4 Å². The molecular weight excluding hydrogens is 358 g/mol. The van der Waals surface area contributed by atoms with Crippen molar-refractivity contribution in [2.45, 2.75) is 19.9 Å². The number of nitrogens with one attached hydrogen (secondary N) is 2. The van der Waals surface area contributed by atoms with E-state index in [1.165, 1.54) is 31.9 Å². The second-order valence-corrected chi connectivity index (χ2v) is 7.98. The molecule has 2 N–H and O–H groups in total. The molecule has 0 radical (unpaired) electrons. The van der Waals surface area contributed by atoms with Crippen LogP contribution < -0.4 is 4.90 Å². The number of aromatic amines is 1. The second-order valence-electron chi connectivity index (χ2n) is 7.00. The van der Waals surface area contributed by atoms with E-state index in [4.69, 9.17) is 4.74 Å². The number of thiophene rings is 1. The van der Waals surface area contributed by atoms with Gasteiger partial charge in [0.1, 0.15) is 0 Å². The van der Waals surface area contributed by atoms with E-state index >= 15 is 0 Å². The van der Waals surface area contributed by atoms with Gasteiger partial charge >= 0.3 is 6.09 Å². The van der Waals surface area contributed by atoms with Gasteiger partial charge in [-0.15, -0.1) is 11.3 Å². The monoisotopic (exact) mass is 384 g/mol. The lowest BCUT2D eigenvalue weighted by Gasteiger charge is -2.36. The Labute approximate surface area is 163 Å². The van der Waals surface area contributed by atoms with Crippen LogP contribution in [0.15, 0.2) is 41.8 Å². The lowest BCUT2D eigenvalue weighted by Crippen LogP contribution is -3.15. The van der Waals surface area contributed by atoms with Crippen molar-refractivity contribution in [3.63, 3.8) is 0 Å². The summed E-state index contributed by atoms with van der Waals surface area (Å²) in [6.07, 6.45) is -0.188. The number of amides is 1. The minimum absolute atomic E-state index is 0.188. The molecule has 4 rings (SSSR count). The van der Waals surface area contributed by atoms with Gasteiger partial charge < -0.3 is 14.6 Å². The van der Waals surface area contributed by atoms with Gasteiger partial charge in [0, 0.05) is 22.2 Å². The molecule has 1 aromatic carbocycles. The molecule has 0 bridgehead atoms. The fourth-order valence-electron chi connectivity index (χ4n) is 4.15. The number of quaternary nitrogens is 1. The minimum Gasteiger partial charge on any atom is -0.450 e. The predicted octanol–water partition coefficient (Wildman–Crippen LogP) is 2.98. The largest absolute Gasteiger partial charge is 0.450 e. The van der Waals surface area contributed by atoms with Crippen LogP contribution >= 0.6 is 11.3 Å². The molecule has 1 saturated heterocycles. The van der Waals surface area contributed by atoms with E-state index in [1.54, 1.807) is 0 Å². The van der Waals surface area contributed by atoms with Crippen LogP contribution in [0.4, 0.5) is 4.79 Å².